The van der Waals surface area contributed by atoms with Crippen LogP contribution in [0.15, 0.2) is 0 Å². The van der Waals surface area contributed by atoms with E-state index in [1.165, 1.54) is 0 Å². The molecule has 0 amide bonds. The first-order valence-electron chi connectivity index (χ1n) is 8.51. The van der Waals surface area contributed by atoms with Crippen molar-refractivity contribution in [3.63, 3.8) is 0 Å². The summed E-state index contributed by atoms with van der Waals surface area (Å²) < 4.78 is 355. The van der Waals surface area contributed by atoms with Crippen LogP contribution >= 0.6 is 0 Å². The predicted octanol–water partition coefficient (Wildman–Crippen LogP) is 7.25. The summed E-state index contributed by atoms with van der Waals surface area (Å²) in [5, 5.41) is -8.17. The Balaban J connectivity index is 7.00. The number of halogens is 25. The summed E-state index contributed by atoms with van der Waals surface area (Å²) in [5.41, 5.74) is 0. The minimum atomic E-state index is -9.50. The van der Waals surface area contributed by atoms with Gasteiger partial charge in [0, 0.05) is 0 Å². The molecule has 0 aliphatic rings. The maximum atomic E-state index is 13.5. The molecule has 0 atom stereocenters. The molecule has 0 spiro atoms. The molecule has 260 valence electrons. The highest BCUT2D eigenvalue weighted by Gasteiger charge is 2.96. The van der Waals surface area contributed by atoms with Crippen molar-refractivity contribution in [2.45, 2.75) is 71.4 Å². The summed E-state index contributed by atoms with van der Waals surface area (Å²) in [7, 11) is -8.20. The van der Waals surface area contributed by atoms with E-state index in [0.717, 1.165) is 9.47 Å². The Morgan fingerprint density at radius 2 is 0.581 bits per heavy atom. The molecule has 0 bridgehead atoms. The topological polar surface area (TPSA) is 72.8 Å². The summed E-state index contributed by atoms with van der Waals surface area (Å²) in [6.07, 6.45) is -40.4. The first kappa shape index (κ1) is 41.1. The molecule has 0 radical (unpaired) electrons. The van der Waals surface area contributed by atoms with E-state index in [0.29, 0.717) is 0 Å². The fourth-order valence-electron chi connectivity index (χ4n) is 1.88. The van der Waals surface area contributed by atoms with Gasteiger partial charge in [0.05, 0.1) is 0 Å². The van der Waals surface area contributed by atoms with Gasteiger partial charge in [-0.15, -0.1) is 0 Å². The van der Waals surface area contributed by atoms with Crippen LogP contribution < -0.4 is 0 Å². The third kappa shape index (κ3) is 5.80. The molecule has 0 aliphatic heterocycles. The Labute approximate surface area is 215 Å². The van der Waals surface area contributed by atoms with Gasteiger partial charge in [-0.25, -0.2) is 9.47 Å². The lowest BCUT2D eigenvalue weighted by Gasteiger charge is -2.43. The van der Waals surface area contributed by atoms with E-state index >= 15 is 0 Å². The van der Waals surface area contributed by atoms with Crippen LogP contribution in [-0.4, -0.2) is 84.4 Å². The second kappa shape index (κ2) is 10.0. The summed E-state index contributed by atoms with van der Waals surface area (Å²) >= 11 is 0. The van der Waals surface area contributed by atoms with Gasteiger partial charge in [0.2, 0.25) is 0 Å². The third-order valence-electron chi connectivity index (χ3n) is 4.21. The quantitative estimate of drug-likeness (QED) is 0.160. The van der Waals surface area contributed by atoms with E-state index in [-0.39, 0.29) is 0 Å². The standard InChI is InChI=1S/C12HF25O5S/c13-1(14,2(15,16)4(19,20)6(23,24)12(36,37)43(38,39)40)3(17,18)5(21,22)8(28,29)41-10(32,33)11(34,35)42-9(30,31)7(25,26)27/h(H,38,39,40). The molecule has 0 aromatic carbocycles. The van der Waals surface area contributed by atoms with Gasteiger partial charge in [-0.3, -0.25) is 4.55 Å². The second-order valence-electron chi connectivity index (χ2n) is 7.21. The number of hydrogen-bond acceptors (Lipinski definition) is 4. The summed E-state index contributed by atoms with van der Waals surface area (Å²) in [4.78, 5) is 0. The van der Waals surface area contributed by atoms with Crippen molar-refractivity contribution in [1.82, 2.24) is 0 Å². The Morgan fingerprint density at radius 1 is 0.349 bits per heavy atom. The smallest absolute Gasteiger partial charge is 0.281 e. The minimum absolute atomic E-state index is 0.841. The van der Waals surface area contributed by atoms with Crippen LogP contribution in [0.1, 0.15) is 0 Å². The van der Waals surface area contributed by atoms with E-state index in [1.54, 1.807) is 0 Å². The molecule has 1 N–H and O–H groups in total. The molecule has 0 aromatic rings. The van der Waals surface area contributed by atoms with Gasteiger partial charge in [-0.2, -0.15) is 118 Å². The fraction of sp³-hybridized carbons (Fsp3) is 1.00. The minimum Gasteiger partial charge on any atom is -0.281 e. The van der Waals surface area contributed by atoms with Crippen molar-refractivity contribution >= 4 is 10.1 Å². The van der Waals surface area contributed by atoms with Crippen LogP contribution in [0.4, 0.5) is 110 Å². The molecular formula is C12HF25O5S. The molecule has 0 rings (SSSR count). The van der Waals surface area contributed by atoms with Gasteiger partial charge in [0.25, 0.3) is 0 Å². The number of alkyl halides is 25. The zero-order chi connectivity index (χ0) is 35.9. The lowest BCUT2D eigenvalue weighted by atomic mass is 9.91. The predicted molar refractivity (Wildman–Crippen MR) is 74.2 cm³/mol. The maximum Gasteiger partial charge on any atom is 0.483 e. The van der Waals surface area contributed by atoms with Crippen LogP contribution in [0.5, 0.6) is 0 Å². The van der Waals surface area contributed by atoms with Crippen LogP contribution in [0.3, 0.4) is 0 Å². The highest BCUT2D eigenvalue weighted by molar-refractivity contribution is 7.87. The molecule has 31 heteroatoms. The number of hydrogen-bond donors (Lipinski definition) is 1. The summed E-state index contributed by atoms with van der Waals surface area (Å²) in [6, 6.07) is 0. The molecule has 5 nitrogen and oxygen atoms in total. The summed E-state index contributed by atoms with van der Waals surface area (Å²) in [6.45, 7) is 0. The Morgan fingerprint density at radius 3 is 0.837 bits per heavy atom. The molecule has 0 aromatic heterocycles. The van der Waals surface area contributed by atoms with E-state index in [4.69, 9.17) is 4.55 Å². The lowest BCUT2D eigenvalue weighted by Crippen LogP contribution is -2.75. The van der Waals surface area contributed by atoms with Crippen molar-refractivity contribution in [1.29, 1.82) is 0 Å². The average Bonchev–Trinajstić information content (AvgIpc) is 2.69. The van der Waals surface area contributed by atoms with Crippen molar-refractivity contribution in [3.05, 3.63) is 0 Å². The Kier molecular flexibility index (Phi) is 9.59. The van der Waals surface area contributed by atoms with Crippen LogP contribution in [0, 0.1) is 0 Å². The third-order valence-corrected chi connectivity index (χ3v) is 5.11. The molecule has 0 saturated heterocycles. The van der Waals surface area contributed by atoms with Gasteiger partial charge in [0.1, 0.15) is 0 Å². The Hall–Kier alpha value is -1.92. The normalized spacial score (nSPS) is 17.0. The van der Waals surface area contributed by atoms with Crippen molar-refractivity contribution in [2.24, 2.45) is 0 Å². The van der Waals surface area contributed by atoms with Gasteiger partial charge in [-0.05, 0) is 0 Å². The Bertz CT molecular complexity index is 1140. The van der Waals surface area contributed by atoms with Crippen molar-refractivity contribution in [3.8, 4) is 0 Å². The van der Waals surface area contributed by atoms with Crippen molar-refractivity contribution < 1.29 is 132 Å². The first-order valence-corrected chi connectivity index (χ1v) is 9.95. The van der Waals surface area contributed by atoms with Crippen LogP contribution in [0.25, 0.3) is 0 Å². The molecule has 0 saturated carbocycles. The molecule has 0 aliphatic carbocycles. The van der Waals surface area contributed by atoms with Gasteiger partial charge in [-0.1, -0.05) is 0 Å². The first-order chi connectivity index (χ1) is 17.9. The second-order valence-corrected chi connectivity index (χ2v) is 8.67. The molecule has 43 heavy (non-hydrogen) atoms. The van der Waals surface area contributed by atoms with Crippen molar-refractivity contribution in [2.75, 3.05) is 0 Å². The van der Waals surface area contributed by atoms with E-state index in [9.17, 15) is 118 Å². The lowest BCUT2D eigenvalue weighted by molar-refractivity contribution is -0.557. The van der Waals surface area contributed by atoms with E-state index in [2.05, 4.69) is 0 Å². The molecule has 0 fully saturated rings. The number of rotatable bonds is 13. The SMILES string of the molecule is O=S(=O)(O)C(F)(F)C(F)(F)C(F)(F)C(F)(F)C(F)(F)C(F)(F)C(F)(F)C(F)(F)OC(F)(F)C(F)(F)OC(F)(F)C(F)(F)F. The maximum absolute atomic E-state index is 13.5. The fourth-order valence-corrected chi connectivity index (χ4v) is 2.33. The average molecular weight is 732 g/mol. The van der Waals surface area contributed by atoms with Crippen LogP contribution in [0.2, 0.25) is 0 Å². The summed E-state index contributed by atoms with van der Waals surface area (Å²) in [5.74, 6) is -55.7. The zero-order valence-electron chi connectivity index (χ0n) is 17.9. The molecule has 0 unspecified atom stereocenters. The largest absolute Gasteiger partial charge is 0.483 e. The highest BCUT2D eigenvalue weighted by Crippen LogP contribution is 2.65. The van der Waals surface area contributed by atoms with Gasteiger partial charge < -0.3 is 0 Å². The van der Waals surface area contributed by atoms with E-state index < -0.39 is 81.5 Å². The highest BCUT2D eigenvalue weighted by atomic mass is 32.2. The monoisotopic (exact) mass is 732 g/mol. The zero-order valence-corrected chi connectivity index (χ0v) is 18.8. The molecule has 0 heterocycles. The van der Waals surface area contributed by atoms with Gasteiger partial charge >= 0.3 is 81.5 Å². The van der Waals surface area contributed by atoms with Gasteiger partial charge in [0.15, 0.2) is 0 Å². The number of ether oxygens (including phenoxy) is 2. The van der Waals surface area contributed by atoms with Crippen LogP contribution in [-0.2, 0) is 19.6 Å². The molecular weight excluding hydrogens is 731 g/mol. The van der Waals surface area contributed by atoms with E-state index in [1.807, 2.05) is 0 Å².